The van der Waals surface area contributed by atoms with Crippen molar-refractivity contribution >= 4 is 39.3 Å². The van der Waals surface area contributed by atoms with Crippen LogP contribution in [-0.4, -0.2) is 36.8 Å². The predicted molar refractivity (Wildman–Crippen MR) is 85.3 cm³/mol. The van der Waals surface area contributed by atoms with Gasteiger partial charge >= 0.3 is 21.6 Å². The zero-order chi connectivity index (χ0) is 19.9. The summed E-state index contributed by atoms with van der Waals surface area (Å²) in [6.07, 6.45) is 0. The normalized spacial score (nSPS) is 12.1. The molecule has 0 saturated carbocycles. The second-order valence-electron chi connectivity index (χ2n) is 4.76. The average Bonchev–Trinajstić information content (AvgIpc) is 2.82. The molecule has 2 aromatic rings. The minimum Gasteiger partial charge on any atom is -0.464 e. The van der Waals surface area contributed by atoms with Crippen molar-refractivity contribution < 1.29 is 35.3 Å². The molecule has 0 aliphatic carbocycles. The molecule has 0 aliphatic rings. The smallest absolute Gasteiger partial charge is 0.464 e. The van der Waals surface area contributed by atoms with Crippen LogP contribution in [-0.2, 0) is 14.9 Å². The van der Waals surface area contributed by atoms with E-state index in [9.17, 15) is 26.4 Å². The molecular weight excluding hydrogens is 424 g/mol. The molecule has 26 heavy (non-hydrogen) atoms. The van der Waals surface area contributed by atoms with Crippen LogP contribution in [0.2, 0.25) is 10.0 Å². The minimum atomic E-state index is -6.03. The average molecular weight is 433 g/mol. The highest BCUT2D eigenvalue weighted by Gasteiger charge is 2.49. The third kappa shape index (κ3) is 3.74. The Hall–Kier alpha value is -1.98. The fourth-order valence-electron chi connectivity index (χ4n) is 1.84. The van der Waals surface area contributed by atoms with Gasteiger partial charge in [-0.25, -0.2) is 4.79 Å². The molecule has 1 heterocycles. The lowest BCUT2D eigenvalue weighted by Crippen LogP contribution is -2.29. The topological polar surface area (TPSA) is 87.5 Å². The molecule has 13 heteroatoms. The Morgan fingerprint density at radius 1 is 1.27 bits per heavy atom. The molecule has 2 rings (SSSR count). The number of carbonyl (C=O) groups excluding carboxylic acids is 1. The van der Waals surface area contributed by atoms with Gasteiger partial charge in [0.25, 0.3) is 0 Å². The molecule has 7 nitrogen and oxygen atoms in total. The summed E-state index contributed by atoms with van der Waals surface area (Å²) >= 11 is 11.7. The van der Waals surface area contributed by atoms with E-state index in [1.165, 1.54) is 18.2 Å². The van der Waals surface area contributed by atoms with Gasteiger partial charge < -0.3 is 8.92 Å². The first-order valence-corrected chi connectivity index (χ1v) is 8.69. The Bertz CT molecular complexity index is 973. The van der Waals surface area contributed by atoms with Crippen LogP contribution in [0.1, 0.15) is 16.1 Å². The van der Waals surface area contributed by atoms with E-state index in [1.54, 1.807) is 0 Å². The minimum absolute atomic E-state index is 0.0679. The highest BCUT2D eigenvalue weighted by atomic mass is 35.5. The third-order valence-electron chi connectivity index (χ3n) is 3.06. The van der Waals surface area contributed by atoms with Gasteiger partial charge in [0.1, 0.15) is 0 Å². The molecule has 0 amide bonds. The molecule has 0 radical (unpaired) electrons. The standard InChI is InChI=1S/C13H9Cl2F3N2O5S/c1-6-10(12(21)24-2)19-20(9-4-3-7(14)5-8(9)15)11(6)25-26(22,23)13(16,17)18/h3-5H,1-2H3. The van der Waals surface area contributed by atoms with Crippen molar-refractivity contribution in [3.05, 3.63) is 39.5 Å². The van der Waals surface area contributed by atoms with Crippen LogP contribution < -0.4 is 4.18 Å². The number of ether oxygens (including phenoxy) is 1. The number of alkyl halides is 3. The van der Waals surface area contributed by atoms with Gasteiger partial charge in [-0.2, -0.15) is 31.4 Å². The van der Waals surface area contributed by atoms with E-state index in [0.29, 0.717) is 4.68 Å². The number of nitrogens with zero attached hydrogens (tertiary/aromatic N) is 2. The van der Waals surface area contributed by atoms with Crippen molar-refractivity contribution in [1.82, 2.24) is 9.78 Å². The van der Waals surface area contributed by atoms with Gasteiger partial charge in [-0.1, -0.05) is 23.2 Å². The second kappa shape index (κ2) is 6.97. The van der Waals surface area contributed by atoms with E-state index < -0.39 is 33.2 Å². The van der Waals surface area contributed by atoms with Crippen molar-refractivity contribution in [3.63, 3.8) is 0 Å². The molecule has 0 aliphatic heterocycles. The Morgan fingerprint density at radius 2 is 1.88 bits per heavy atom. The Balaban J connectivity index is 2.73. The van der Waals surface area contributed by atoms with E-state index in [2.05, 4.69) is 14.0 Å². The first-order chi connectivity index (χ1) is 11.9. The van der Waals surface area contributed by atoms with Crippen LogP contribution in [0.4, 0.5) is 13.2 Å². The number of methoxy groups -OCH3 is 1. The van der Waals surface area contributed by atoms with Crippen molar-refractivity contribution in [2.24, 2.45) is 0 Å². The second-order valence-corrected chi connectivity index (χ2v) is 7.14. The van der Waals surface area contributed by atoms with Gasteiger partial charge in [-0.05, 0) is 25.1 Å². The lowest BCUT2D eigenvalue weighted by Gasteiger charge is -2.12. The van der Waals surface area contributed by atoms with Crippen LogP contribution in [0.3, 0.4) is 0 Å². The maximum Gasteiger partial charge on any atom is 0.534 e. The number of hydrogen-bond acceptors (Lipinski definition) is 6. The van der Waals surface area contributed by atoms with Crippen molar-refractivity contribution in [1.29, 1.82) is 0 Å². The van der Waals surface area contributed by atoms with Crippen LogP contribution in [0.25, 0.3) is 5.69 Å². The molecule has 0 atom stereocenters. The molecule has 0 bridgehead atoms. The fourth-order valence-corrected chi connectivity index (χ4v) is 2.82. The summed E-state index contributed by atoms with van der Waals surface area (Å²) in [5, 5.41) is 3.90. The van der Waals surface area contributed by atoms with Gasteiger partial charge in [0.2, 0.25) is 5.88 Å². The van der Waals surface area contributed by atoms with E-state index in [-0.39, 0.29) is 21.3 Å². The molecule has 0 spiro atoms. The van der Waals surface area contributed by atoms with Crippen LogP contribution in [0, 0.1) is 6.92 Å². The quantitative estimate of drug-likeness (QED) is 0.417. The summed E-state index contributed by atoms with van der Waals surface area (Å²) in [6, 6.07) is 3.83. The first kappa shape index (κ1) is 20.3. The van der Waals surface area contributed by atoms with Gasteiger partial charge in [-0.15, -0.1) is 0 Å². The number of rotatable bonds is 4. The molecule has 142 valence electrons. The van der Waals surface area contributed by atoms with E-state index in [1.807, 2.05) is 0 Å². The molecule has 1 aromatic heterocycles. The van der Waals surface area contributed by atoms with E-state index in [0.717, 1.165) is 14.0 Å². The highest BCUT2D eigenvalue weighted by Crippen LogP contribution is 2.34. The summed E-state index contributed by atoms with van der Waals surface area (Å²) in [5.41, 5.74) is -6.51. The van der Waals surface area contributed by atoms with Crippen molar-refractivity contribution in [2.45, 2.75) is 12.4 Å². The Morgan fingerprint density at radius 3 is 2.38 bits per heavy atom. The van der Waals surface area contributed by atoms with Crippen LogP contribution in [0.5, 0.6) is 5.88 Å². The zero-order valence-corrected chi connectivity index (χ0v) is 15.3. The third-order valence-corrected chi connectivity index (χ3v) is 4.54. The lowest BCUT2D eigenvalue weighted by atomic mass is 10.2. The number of aromatic nitrogens is 2. The molecule has 0 saturated heterocycles. The van der Waals surface area contributed by atoms with Crippen LogP contribution >= 0.6 is 23.2 Å². The predicted octanol–water partition coefficient (Wildman–Crippen LogP) is 3.50. The van der Waals surface area contributed by atoms with Crippen molar-refractivity contribution in [2.75, 3.05) is 7.11 Å². The van der Waals surface area contributed by atoms with E-state index >= 15 is 0 Å². The van der Waals surface area contributed by atoms with Gasteiger partial charge in [0.05, 0.1) is 17.8 Å². The van der Waals surface area contributed by atoms with Gasteiger partial charge in [0.15, 0.2) is 5.69 Å². The lowest BCUT2D eigenvalue weighted by molar-refractivity contribution is -0.0502. The summed E-state index contributed by atoms with van der Waals surface area (Å²) in [6.45, 7) is 1.14. The summed E-state index contributed by atoms with van der Waals surface area (Å²) < 4.78 is 70.1. The van der Waals surface area contributed by atoms with Gasteiger partial charge in [-0.3, -0.25) is 0 Å². The fraction of sp³-hybridized carbons (Fsp3) is 0.231. The zero-order valence-electron chi connectivity index (χ0n) is 13.0. The maximum atomic E-state index is 12.7. The number of carbonyl (C=O) groups is 1. The Labute approximate surface area is 155 Å². The Kier molecular flexibility index (Phi) is 5.45. The van der Waals surface area contributed by atoms with Gasteiger partial charge in [0, 0.05) is 10.6 Å². The highest BCUT2D eigenvalue weighted by molar-refractivity contribution is 7.88. The molecule has 0 N–H and O–H groups in total. The molecule has 1 aromatic carbocycles. The molecular formula is C13H9Cl2F3N2O5S. The SMILES string of the molecule is COC(=O)c1nn(-c2ccc(Cl)cc2Cl)c(OS(=O)(=O)C(F)(F)F)c1C. The van der Waals surface area contributed by atoms with Crippen molar-refractivity contribution in [3.8, 4) is 11.6 Å². The number of halogens is 5. The first-order valence-electron chi connectivity index (χ1n) is 6.53. The van der Waals surface area contributed by atoms with Crippen LogP contribution in [0.15, 0.2) is 18.2 Å². The number of benzene rings is 1. The maximum absolute atomic E-state index is 12.7. The van der Waals surface area contributed by atoms with E-state index in [4.69, 9.17) is 23.2 Å². The summed E-state index contributed by atoms with van der Waals surface area (Å²) in [4.78, 5) is 11.8. The number of hydrogen-bond donors (Lipinski definition) is 0. The molecule has 0 fully saturated rings. The number of esters is 1. The monoisotopic (exact) mass is 432 g/mol. The summed E-state index contributed by atoms with van der Waals surface area (Å²) in [5.74, 6) is -1.88. The largest absolute Gasteiger partial charge is 0.534 e. The molecule has 0 unspecified atom stereocenters. The summed E-state index contributed by atoms with van der Waals surface area (Å²) in [7, 11) is -5.01.